The van der Waals surface area contributed by atoms with Crippen LogP contribution in [0.3, 0.4) is 0 Å². The van der Waals surface area contributed by atoms with Crippen LogP contribution < -0.4 is 11.1 Å². The number of ether oxygens (including phenoxy) is 1. The zero-order valence-electron chi connectivity index (χ0n) is 22.0. The van der Waals surface area contributed by atoms with Crippen LogP contribution in [-0.4, -0.2) is 60.1 Å². The minimum atomic E-state index is -3.89. The topological polar surface area (TPSA) is 122 Å². The zero-order valence-corrected chi connectivity index (χ0v) is 25.1. The quantitative estimate of drug-likeness (QED) is 0.403. The monoisotopic (exact) mass is 628 g/mol. The average Bonchev–Trinajstić information content (AvgIpc) is 3.24. The number of nitrogens with one attached hydrogen (secondary N) is 1. The van der Waals surface area contributed by atoms with Crippen molar-refractivity contribution in [1.29, 1.82) is 0 Å². The highest BCUT2D eigenvalue weighted by atomic mass is 79.9. The van der Waals surface area contributed by atoms with Gasteiger partial charge in [0.1, 0.15) is 5.60 Å². The van der Waals surface area contributed by atoms with Crippen molar-refractivity contribution < 1.29 is 22.7 Å². The molecular weight excluding hydrogens is 596 g/mol. The molecule has 1 aliphatic rings. The van der Waals surface area contributed by atoms with Gasteiger partial charge in [0, 0.05) is 40.9 Å². The first-order valence-electron chi connectivity index (χ1n) is 12.3. The summed E-state index contributed by atoms with van der Waals surface area (Å²) in [5, 5.41) is 3.35. The molecule has 1 saturated heterocycles. The van der Waals surface area contributed by atoms with Crippen molar-refractivity contribution in [1.82, 2.24) is 14.5 Å². The van der Waals surface area contributed by atoms with Crippen LogP contribution in [0.25, 0.3) is 0 Å². The van der Waals surface area contributed by atoms with Gasteiger partial charge >= 0.3 is 6.09 Å². The molecule has 0 aliphatic carbocycles. The molecule has 1 aliphatic heterocycles. The standard InChI is InChI=1S/C26H34BrClN4O5S/c1-5-38(35,36)32(14-17-7-6-8-19(28)11-17)24(33)21-13-22(27)18(12-23(21)29)15-31-10-9-20(16-31)30-25(34)37-26(2,3)4/h6-8,11-13,20H,5,9-10,14-16,29H2,1-4H3,(H,30,34). The molecule has 1 unspecified atom stereocenters. The van der Waals surface area contributed by atoms with E-state index < -0.39 is 27.6 Å². The first-order chi connectivity index (χ1) is 17.7. The predicted molar refractivity (Wildman–Crippen MR) is 152 cm³/mol. The molecule has 2 amide bonds. The Labute approximate surface area is 237 Å². The number of nitrogen functional groups attached to an aromatic ring is 1. The number of nitrogens with two attached hydrogens (primary N) is 1. The fraction of sp³-hybridized carbons (Fsp3) is 0.462. The molecule has 0 radical (unpaired) electrons. The number of amides is 2. The second kappa shape index (κ2) is 12.2. The number of carbonyl (C=O) groups is 2. The van der Waals surface area contributed by atoms with Crippen molar-refractivity contribution >= 4 is 55.2 Å². The smallest absolute Gasteiger partial charge is 0.407 e. The number of halogens is 2. The third-order valence-corrected chi connectivity index (χ3v) is 8.65. The summed E-state index contributed by atoms with van der Waals surface area (Å²) in [5.41, 5.74) is 7.41. The van der Waals surface area contributed by atoms with E-state index in [1.54, 1.807) is 36.4 Å². The highest BCUT2D eigenvalue weighted by Gasteiger charge is 2.30. The minimum Gasteiger partial charge on any atom is -0.444 e. The number of sulfonamides is 1. The Bertz CT molecular complexity index is 1300. The van der Waals surface area contributed by atoms with Gasteiger partial charge in [0.2, 0.25) is 10.0 Å². The first kappa shape index (κ1) is 30.2. The van der Waals surface area contributed by atoms with E-state index in [2.05, 4.69) is 26.1 Å². The second-order valence-electron chi connectivity index (χ2n) is 10.2. The van der Waals surface area contributed by atoms with E-state index in [1.807, 2.05) is 20.8 Å². The molecule has 9 nitrogen and oxygen atoms in total. The number of rotatable bonds is 8. The molecular formula is C26H34BrClN4O5S. The van der Waals surface area contributed by atoms with Gasteiger partial charge in [-0.05, 0) is 69.5 Å². The summed E-state index contributed by atoms with van der Waals surface area (Å²) in [5.74, 6) is -0.953. The van der Waals surface area contributed by atoms with Gasteiger partial charge in [0.05, 0.1) is 17.9 Å². The summed E-state index contributed by atoms with van der Waals surface area (Å²) in [4.78, 5) is 27.7. The third kappa shape index (κ3) is 8.08. The number of benzene rings is 2. The fourth-order valence-electron chi connectivity index (χ4n) is 4.14. The maximum Gasteiger partial charge on any atom is 0.407 e. The summed E-state index contributed by atoms with van der Waals surface area (Å²) in [6, 6.07) is 9.91. The first-order valence-corrected chi connectivity index (χ1v) is 15.1. The zero-order chi connectivity index (χ0) is 28.3. The molecule has 0 saturated carbocycles. The minimum absolute atomic E-state index is 0.0406. The molecule has 1 heterocycles. The van der Waals surface area contributed by atoms with E-state index >= 15 is 0 Å². The Morgan fingerprint density at radius 2 is 1.97 bits per heavy atom. The van der Waals surface area contributed by atoms with Crippen molar-refractivity contribution in [3.63, 3.8) is 0 Å². The van der Waals surface area contributed by atoms with Crippen LogP contribution in [-0.2, 0) is 27.8 Å². The Morgan fingerprint density at radius 3 is 2.61 bits per heavy atom. The lowest BCUT2D eigenvalue weighted by Crippen LogP contribution is -2.40. The summed E-state index contributed by atoms with van der Waals surface area (Å²) in [6.45, 7) is 8.70. The van der Waals surface area contributed by atoms with E-state index in [0.29, 0.717) is 28.1 Å². The van der Waals surface area contributed by atoms with Gasteiger partial charge in [-0.1, -0.05) is 39.7 Å². The average molecular weight is 630 g/mol. The summed E-state index contributed by atoms with van der Waals surface area (Å²) in [7, 11) is -3.89. The normalized spacial score (nSPS) is 16.3. The predicted octanol–water partition coefficient (Wildman–Crippen LogP) is 4.78. The molecule has 1 fully saturated rings. The molecule has 0 aromatic heterocycles. The number of hydrogen-bond donors (Lipinski definition) is 2. The van der Waals surface area contributed by atoms with Crippen LogP contribution >= 0.6 is 27.5 Å². The fourth-order valence-corrected chi connectivity index (χ4v) is 5.83. The van der Waals surface area contributed by atoms with Crippen molar-refractivity contribution in [3.05, 3.63) is 62.6 Å². The lowest BCUT2D eigenvalue weighted by atomic mass is 10.1. The molecule has 3 rings (SSSR count). The Balaban J connectivity index is 1.75. The Hall–Kier alpha value is -2.34. The lowest BCUT2D eigenvalue weighted by molar-refractivity contribution is 0.0505. The van der Waals surface area contributed by atoms with Gasteiger partial charge in [-0.15, -0.1) is 0 Å². The van der Waals surface area contributed by atoms with Gasteiger partial charge < -0.3 is 15.8 Å². The van der Waals surface area contributed by atoms with Gasteiger partial charge in [0.25, 0.3) is 5.91 Å². The lowest BCUT2D eigenvalue weighted by Gasteiger charge is -2.24. The van der Waals surface area contributed by atoms with E-state index in [9.17, 15) is 18.0 Å². The molecule has 2 aromatic rings. The number of likely N-dealkylation sites (tertiary alicyclic amines) is 1. The van der Waals surface area contributed by atoms with Crippen LogP contribution in [0.2, 0.25) is 5.02 Å². The Morgan fingerprint density at radius 1 is 1.26 bits per heavy atom. The maximum absolute atomic E-state index is 13.5. The number of carbonyl (C=O) groups excluding carboxylic acids is 2. The van der Waals surface area contributed by atoms with Gasteiger partial charge in [0.15, 0.2) is 0 Å². The number of hydrogen-bond acceptors (Lipinski definition) is 7. The number of alkyl carbamates (subject to hydrolysis) is 1. The van der Waals surface area contributed by atoms with Crippen LogP contribution in [0.5, 0.6) is 0 Å². The number of anilines is 1. The molecule has 3 N–H and O–H groups in total. The SMILES string of the molecule is CCS(=O)(=O)N(Cc1cccc(Cl)c1)C(=O)c1cc(Br)c(CN2CCC(NC(=O)OC(C)(C)C)C2)cc1N. The third-order valence-electron chi connectivity index (χ3n) is 5.98. The van der Waals surface area contributed by atoms with Crippen molar-refractivity contribution in [3.8, 4) is 0 Å². The summed E-state index contributed by atoms with van der Waals surface area (Å²) < 4.78 is 32.5. The van der Waals surface area contributed by atoms with Gasteiger partial charge in [-0.2, -0.15) is 0 Å². The van der Waals surface area contributed by atoms with E-state index in [1.165, 1.54) is 6.92 Å². The van der Waals surface area contributed by atoms with E-state index in [4.69, 9.17) is 22.1 Å². The van der Waals surface area contributed by atoms with Crippen molar-refractivity contribution in [2.75, 3.05) is 24.6 Å². The van der Waals surface area contributed by atoms with Gasteiger partial charge in [-0.25, -0.2) is 17.5 Å². The van der Waals surface area contributed by atoms with Crippen LogP contribution in [0.1, 0.15) is 55.6 Å². The molecule has 208 valence electrons. The highest BCUT2D eigenvalue weighted by Crippen LogP contribution is 2.29. The van der Waals surface area contributed by atoms with Crippen molar-refractivity contribution in [2.24, 2.45) is 0 Å². The molecule has 0 bridgehead atoms. The molecule has 1 atom stereocenters. The second-order valence-corrected chi connectivity index (χ2v) is 13.7. The molecule has 12 heteroatoms. The van der Waals surface area contributed by atoms with Crippen LogP contribution in [0.15, 0.2) is 40.9 Å². The highest BCUT2D eigenvalue weighted by molar-refractivity contribution is 9.10. The summed E-state index contributed by atoms with van der Waals surface area (Å²) in [6.07, 6.45) is 0.331. The Kier molecular flexibility index (Phi) is 9.72. The van der Waals surface area contributed by atoms with Crippen molar-refractivity contribution in [2.45, 2.75) is 58.8 Å². The molecule has 0 spiro atoms. The largest absolute Gasteiger partial charge is 0.444 e. The summed E-state index contributed by atoms with van der Waals surface area (Å²) >= 11 is 9.58. The van der Waals surface area contributed by atoms with Crippen LogP contribution in [0, 0.1) is 0 Å². The number of nitrogens with zero attached hydrogens (tertiary/aromatic N) is 2. The van der Waals surface area contributed by atoms with E-state index in [0.717, 1.165) is 22.8 Å². The molecule has 38 heavy (non-hydrogen) atoms. The van der Waals surface area contributed by atoms with Gasteiger partial charge in [-0.3, -0.25) is 9.69 Å². The molecule has 2 aromatic carbocycles. The van der Waals surface area contributed by atoms with Crippen LogP contribution in [0.4, 0.5) is 10.5 Å². The maximum atomic E-state index is 13.5. The van der Waals surface area contributed by atoms with E-state index in [-0.39, 0.29) is 29.6 Å².